The molecule has 0 aliphatic rings. The zero-order valence-corrected chi connectivity index (χ0v) is 13.7. The maximum Gasteiger partial charge on any atom is 0.186 e. The van der Waals surface area contributed by atoms with Crippen LogP contribution in [-0.4, -0.2) is 20.1 Å². The van der Waals surface area contributed by atoms with Crippen LogP contribution in [0.3, 0.4) is 0 Å². The summed E-state index contributed by atoms with van der Waals surface area (Å²) in [6, 6.07) is 4.10. The molecule has 2 rings (SSSR count). The van der Waals surface area contributed by atoms with Gasteiger partial charge in [0.1, 0.15) is 6.54 Å². The highest BCUT2D eigenvalue weighted by molar-refractivity contribution is 5.97. The van der Waals surface area contributed by atoms with Gasteiger partial charge in [-0.2, -0.15) is 5.10 Å². The summed E-state index contributed by atoms with van der Waals surface area (Å²) in [6.45, 7) is 11.6. The van der Waals surface area contributed by atoms with E-state index >= 15 is 0 Å². The Morgan fingerprint density at radius 1 is 1.14 bits per heavy atom. The van der Waals surface area contributed by atoms with Crippen LogP contribution in [0.2, 0.25) is 0 Å². The molecule has 2 aromatic rings. The van der Waals surface area contributed by atoms with Gasteiger partial charge in [-0.05, 0) is 45.7 Å². The Morgan fingerprint density at radius 3 is 2.38 bits per heavy atom. The molecular weight excluding hydrogens is 262 g/mol. The van der Waals surface area contributed by atoms with Crippen LogP contribution < -0.4 is 0 Å². The average Bonchev–Trinajstić information content (AvgIpc) is 2.99. The van der Waals surface area contributed by atoms with E-state index in [9.17, 15) is 4.79 Å². The van der Waals surface area contributed by atoms with Crippen molar-refractivity contribution in [3.8, 4) is 0 Å². The Morgan fingerprint density at radius 2 is 1.86 bits per heavy atom. The SMILES string of the molecule is CCc1cc(CC)n(CC(=O)c2cc(C)n(CC)c2C)n1. The highest BCUT2D eigenvalue weighted by Crippen LogP contribution is 2.17. The van der Waals surface area contributed by atoms with Crippen molar-refractivity contribution in [3.63, 3.8) is 0 Å². The predicted molar refractivity (Wildman–Crippen MR) is 84.9 cm³/mol. The van der Waals surface area contributed by atoms with Crippen LogP contribution in [0.1, 0.15) is 53.9 Å². The molecule has 0 bridgehead atoms. The van der Waals surface area contributed by atoms with Crippen LogP contribution in [0.15, 0.2) is 12.1 Å². The minimum absolute atomic E-state index is 0.142. The number of rotatable bonds is 6. The molecule has 0 radical (unpaired) electrons. The molecule has 0 amide bonds. The smallest absolute Gasteiger partial charge is 0.186 e. The van der Waals surface area contributed by atoms with Crippen LogP contribution in [0.25, 0.3) is 0 Å². The fourth-order valence-electron chi connectivity index (χ4n) is 2.90. The molecule has 2 heterocycles. The zero-order valence-electron chi connectivity index (χ0n) is 13.7. The van der Waals surface area contributed by atoms with E-state index in [1.165, 1.54) is 0 Å². The minimum Gasteiger partial charge on any atom is -0.349 e. The van der Waals surface area contributed by atoms with Crippen LogP contribution in [-0.2, 0) is 25.9 Å². The number of carbonyl (C=O) groups excluding carboxylic acids is 1. The number of aromatic nitrogens is 3. The molecular formula is C17H25N3O. The molecule has 114 valence electrons. The van der Waals surface area contributed by atoms with E-state index in [0.29, 0.717) is 6.54 Å². The van der Waals surface area contributed by atoms with Crippen molar-refractivity contribution in [1.29, 1.82) is 0 Å². The van der Waals surface area contributed by atoms with Crippen molar-refractivity contribution in [1.82, 2.24) is 14.3 Å². The van der Waals surface area contributed by atoms with Gasteiger partial charge in [-0.15, -0.1) is 0 Å². The topological polar surface area (TPSA) is 39.8 Å². The molecule has 4 heteroatoms. The van der Waals surface area contributed by atoms with Gasteiger partial charge < -0.3 is 4.57 Å². The lowest BCUT2D eigenvalue weighted by Gasteiger charge is -2.07. The van der Waals surface area contributed by atoms with E-state index in [2.05, 4.69) is 36.5 Å². The Bertz CT molecular complexity index is 649. The number of hydrogen-bond donors (Lipinski definition) is 0. The van der Waals surface area contributed by atoms with Gasteiger partial charge >= 0.3 is 0 Å². The fourth-order valence-corrected chi connectivity index (χ4v) is 2.90. The van der Waals surface area contributed by atoms with Gasteiger partial charge in [-0.1, -0.05) is 13.8 Å². The summed E-state index contributed by atoms with van der Waals surface area (Å²) in [6.07, 6.45) is 1.80. The summed E-state index contributed by atoms with van der Waals surface area (Å²) >= 11 is 0. The third kappa shape index (κ3) is 2.94. The number of ketones is 1. The van der Waals surface area contributed by atoms with E-state index in [4.69, 9.17) is 0 Å². The molecule has 0 spiro atoms. The first-order valence-corrected chi connectivity index (χ1v) is 7.77. The lowest BCUT2D eigenvalue weighted by atomic mass is 10.1. The third-order valence-electron chi connectivity index (χ3n) is 4.12. The number of nitrogens with zero attached hydrogens (tertiary/aromatic N) is 3. The first kappa shape index (κ1) is 15.5. The van der Waals surface area contributed by atoms with Crippen molar-refractivity contribution >= 4 is 5.78 Å². The molecule has 21 heavy (non-hydrogen) atoms. The molecule has 0 saturated carbocycles. The number of carbonyl (C=O) groups is 1. The normalized spacial score (nSPS) is 11.1. The minimum atomic E-state index is 0.142. The van der Waals surface area contributed by atoms with E-state index < -0.39 is 0 Å². The molecule has 2 aromatic heterocycles. The maximum atomic E-state index is 12.6. The molecule has 0 aromatic carbocycles. The third-order valence-corrected chi connectivity index (χ3v) is 4.12. The summed E-state index contributed by atoms with van der Waals surface area (Å²) in [5.41, 5.74) is 5.21. The van der Waals surface area contributed by atoms with Gasteiger partial charge in [0.05, 0.1) is 5.69 Å². The maximum absolute atomic E-state index is 12.6. The first-order valence-electron chi connectivity index (χ1n) is 7.77. The Balaban J connectivity index is 2.28. The quantitative estimate of drug-likeness (QED) is 0.765. The van der Waals surface area contributed by atoms with Crippen molar-refractivity contribution < 1.29 is 4.79 Å². The number of hydrogen-bond acceptors (Lipinski definition) is 2. The van der Waals surface area contributed by atoms with E-state index in [-0.39, 0.29) is 5.78 Å². The van der Waals surface area contributed by atoms with Crippen molar-refractivity contribution in [3.05, 3.63) is 40.5 Å². The standard InChI is InChI=1S/C17H25N3O/c1-6-14-10-15(7-2)20(18-14)11-17(21)16-9-12(4)19(8-3)13(16)5/h9-10H,6-8,11H2,1-5H3. The van der Waals surface area contributed by atoms with Gasteiger partial charge in [0, 0.05) is 29.2 Å². The van der Waals surface area contributed by atoms with E-state index in [1.807, 2.05) is 24.6 Å². The molecule has 0 atom stereocenters. The molecule has 0 N–H and O–H groups in total. The lowest BCUT2D eigenvalue weighted by molar-refractivity contribution is 0.0965. The Labute approximate surface area is 126 Å². The summed E-state index contributed by atoms with van der Waals surface area (Å²) in [4.78, 5) is 12.6. The average molecular weight is 287 g/mol. The second-order valence-electron chi connectivity index (χ2n) is 5.44. The van der Waals surface area contributed by atoms with Gasteiger partial charge in [-0.25, -0.2) is 0 Å². The molecule has 4 nitrogen and oxygen atoms in total. The van der Waals surface area contributed by atoms with Crippen LogP contribution in [0, 0.1) is 13.8 Å². The van der Waals surface area contributed by atoms with Crippen molar-refractivity contribution in [2.75, 3.05) is 0 Å². The van der Waals surface area contributed by atoms with Crippen LogP contribution in [0.5, 0.6) is 0 Å². The number of Topliss-reactive ketones (excluding diaryl/α,β-unsaturated/α-hetero) is 1. The molecule has 0 aliphatic carbocycles. The first-order chi connectivity index (χ1) is 10.0. The monoisotopic (exact) mass is 287 g/mol. The second-order valence-corrected chi connectivity index (χ2v) is 5.44. The summed E-state index contributed by atoms with van der Waals surface area (Å²) < 4.78 is 4.04. The van der Waals surface area contributed by atoms with Gasteiger partial charge in [-0.3, -0.25) is 9.48 Å². The highest BCUT2D eigenvalue weighted by Gasteiger charge is 2.17. The van der Waals surface area contributed by atoms with Gasteiger partial charge in [0.25, 0.3) is 0 Å². The Kier molecular flexibility index (Phi) is 4.66. The summed E-state index contributed by atoms with van der Waals surface area (Å²) in [5, 5.41) is 4.53. The molecule has 0 fully saturated rings. The van der Waals surface area contributed by atoms with Crippen LogP contribution >= 0.6 is 0 Å². The Hall–Kier alpha value is -1.84. The van der Waals surface area contributed by atoms with Gasteiger partial charge in [0.2, 0.25) is 0 Å². The molecule has 0 saturated heterocycles. The van der Waals surface area contributed by atoms with E-state index in [1.54, 1.807) is 0 Å². The summed E-state index contributed by atoms with van der Waals surface area (Å²) in [7, 11) is 0. The predicted octanol–water partition coefficient (Wildman–Crippen LogP) is 3.33. The largest absolute Gasteiger partial charge is 0.349 e. The molecule has 0 aliphatic heterocycles. The lowest BCUT2D eigenvalue weighted by Crippen LogP contribution is -2.15. The van der Waals surface area contributed by atoms with Gasteiger partial charge in [0.15, 0.2) is 5.78 Å². The zero-order chi connectivity index (χ0) is 15.6. The summed E-state index contributed by atoms with van der Waals surface area (Å²) in [5.74, 6) is 0.142. The van der Waals surface area contributed by atoms with Crippen molar-refractivity contribution in [2.24, 2.45) is 0 Å². The fraction of sp³-hybridized carbons (Fsp3) is 0.529. The van der Waals surface area contributed by atoms with E-state index in [0.717, 1.165) is 47.7 Å². The number of aryl methyl sites for hydroxylation is 3. The highest BCUT2D eigenvalue weighted by atomic mass is 16.1. The van der Waals surface area contributed by atoms with Crippen LogP contribution in [0.4, 0.5) is 0 Å². The second kappa shape index (κ2) is 6.29. The molecule has 0 unspecified atom stereocenters. The van der Waals surface area contributed by atoms with Crippen molar-refractivity contribution in [2.45, 2.75) is 60.5 Å².